The molecule has 0 heterocycles. The topological polar surface area (TPSA) is 98.7 Å². The van der Waals surface area contributed by atoms with Gasteiger partial charge in [-0.15, -0.1) is 0 Å². The van der Waals surface area contributed by atoms with E-state index in [0.717, 1.165) is 5.56 Å². The van der Waals surface area contributed by atoms with Gasteiger partial charge in [0.2, 0.25) is 11.8 Å². The molecule has 6 nitrogen and oxygen atoms in total. The summed E-state index contributed by atoms with van der Waals surface area (Å²) >= 11 is 0. The number of amides is 2. The van der Waals surface area contributed by atoms with Gasteiger partial charge in [-0.2, -0.15) is 0 Å². The van der Waals surface area contributed by atoms with Crippen molar-refractivity contribution in [3.63, 3.8) is 0 Å². The van der Waals surface area contributed by atoms with Crippen molar-refractivity contribution in [3.05, 3.63) is 54.1 Å². The van der Waals surface area contributed by atoms with Gasteiger partial charge in [0.05, 0.1) is 6.61 Å². The molecular weight excluding hydrogens is 308 g/mol. The predicted octanol–water partition coefficient (Wildman–Crippen LogP) is 0.622. The molecule has 0 spiro atoms. The summed E-state index contributed by atoms with van der Waals surface area (Å²) in [5.41, 5.74) is 0.900. The molecular formula is C18H24N2O4. The van der Waals surface area contributed by atoms with Crippen LogP contribution in [0.3, 0.4) is 0 Å². The van der Waals surface area contributed by atoms with Crippen molar-refractivity contribution < 1.29 is 19.8 Å². The van der Waals surface area contributed by atoms with E-state index in [1.807, 2.05) is 30.3 Å². The molecule has 0 unspecified atom stereocenters. The van der Waals surface area contributed by atoms with Crippen LogP contribution in [0.4, 0.5) is 0 Å². The lowest BCUT2D eigenvalue weighted by atomic mass is 10.1. The Morgan fingerprint density at radius 3 is 2.38 bits per heavy atom. The first-order valence-electron chi connectivity index (χ1n) is 7.81. The summed E-state index contributed by atoms with van der Waals surface area (Å²) in [6, 6.07) is 9.54. The van der Waals surface area contributed by atoms with Crippen molar-refractivity contribution in [2.45, 2.75) is 18.9 Å². The number of hydrogen-bond donors (Lipinski definition) is 4. The van der Waals surface area contributed by atoms with Crippen molar-refractivity contribution in [1.29, 1.82) is 0 Å². The van der Waals surface area contributed by atoms with Gasteiger partial charge in [0.25, 0.3) is 0 Å². The zero-order chi connectivity index (χ0) is 17.8. The Labute approximate surface area is 141 Å². The van der Waals surface area contributed by atoms with Gasteiger partial charge in [0.1, 0.15) is 6.10 Å². The van der Waals surface area contributed by atoms with E-state index in [0.29, 0.717) is 25.9 Å². The van der Waals surface area contributed by atoms with Gasteiger partial charge >= 0.3 is 0 Å². The number of carbonyl (C=O) groups excluding carboxylic acids is 2. The minimum atomic E-state index is -1.24. The molecule has 0 fully saturated rings. The fourth-order valence-corrected chi connectivity index (χ4v) is 1.83. The Bertz CT molecular complexity index is 570. The summed E-state index contributed by atoms with van der Waals surface area (Å²) < 4.78 is 0. The van der Waals surface area contributed by atoms with Gasteiger partial charge in [0, 0.05) is 24.7 Å². The minimum Gasteiger partial charge on any atom is -0.393 e. The summed E-state index contributed by atoms with van der Waals surface area (Å²) in [5, 5.41) is 23.4. The molecule has 1 aromatic carbocycles. The van der Waals surface area contributed by atoms with Crippen LogP contribution in [0.1, 0.15) is 18.4 Å². The number of hydrogen-bond acceptors (Lipinski definition) is 4. The van der Waals surface area contributed by atoms with Gasteiger partial charge in [-0.1, -0.05) is 36.9 Å². The molecule has 0 saturated heterocycles. The van der Waals surface area contributed by atoms with Crippen LogP contribution in [-0.2, 0) is 9.59 Å². The Balaban J connectivity index is 2.11. The lowest BCUT2D eigenvalue weighted by Gasteiger charge is -2.11. The normalized spacial score (nSPS) is 11.9. The van der Waals surface area contributed by atoms with Gasteiger partial charge in [-0.3, -0.25) is 9.59 Å². The van der Waals surface area contributed by atoms with Crippen molar-refractivity contribution in [1.82, 2.24) is 10.6 Å². The zero-order valence-corrected chi connectivity index (χ0v) is 13.6. The molecule has 0 aromatic heterocycles. The Kier molecular flexibility index (Phi) is 9.11. The molecule has 4 N–H and O–H groups in total. The second-order valence-electron chi connectivity index (χ2n) is 5.22. The third kappa shape index (κ3) is 7.71. The highest BCUT2D eigenvalue weighted by molar-refractivity contribution is 5.93. The summed E-state index contributed by atoms with van der Waals surface area (Å²) in [5.74, 6) is -0.645. The van der Waals surface area contributed by atoms with Crippen LogP contribution in [0.5, 0.6) is 0 Å². The predicted molar refractivity (Wildman–Crippen MR) is 93.0 cm³/mol. The van der Waals surface area contributed by atoms with Crippen molar-refractivity contribution in [2.24, 2.45) is 0 Å². The first-order chi connectivity index (χ1) is 11.5. The maximum absolute atomic E-state index is 11.6. The minimum absolute atomic E-state index is 0.0585. The number of carbonyl (C=O) groups is 2. The molecule has 1 rings (SSSR count). The first-order valence-corrected chi connectivity index (χ1v) is 7.81. The fourth-order valence-electron chi connectivity index (χ4n) is 1.83. The lowest BCUT2D eigenvalue weighted by Crippen LogP contribution is -2.32. The summed E-state index contributed by atoms with van der Waals surface area (Å²) in [7, 11) is 0. The summed E-state index contributed by atoms with van der Waals surface area (Å²) in [6.45, 7) is 3.81. The quantitative estimate of drug-likeness (QED) is 0.373. The van der Waals surface area contributed by atoms with E-state index in [2.05, 4.69) is 17.2 Å². The monoisotopic (exact) mass is 332 g/mol. The SMILES string of the molecule is C=C(C(=O)NCCCCNC(=O)C=Cc1ccccc1)[C@@H](O)CO. The Morgan fingerprint density at radius 1 is 1.12 bits per heavy atom. The number of nitrogens with one attached hydrogen (secondary N) is 2. The number of rotatable bonds is 10. The molecule has 130 valence electrons. The highest BCUT2D eigenvalue weighted by Crippen LogP contribution is 2.00. The standard InChI is InChI=1S/C18H24N2O4/c1-14(16(22)13-21)18(24)20-12-6-5-11-19-17(23)10-9-15-7-3-2-4-8-15/h2-4,7-10,16,21-22H,1,5-6,11-13H2,(H,19,23)(H,20,24)/t16-/m0/s1. The van der Waals surface area contributed by atoms with Crippen LogP contribution >= 0.6 is 0 Å². The molecule has 0 aliphatic rings. The molecule has 0 saturated carbocycles. The van der Waals surface area contributed by atoms with E-state index in [9.17, 15) is 14.7 Å². The molecule has 0 radical (unpaired) electrons. The Morgan fingerprint density at radius 2 is 1.75 bits per heavy atom. The molecule has 0 aliphatic carbocycles. The van der Waals surface area contributed by atoms with Gasteiger partial charge in [-0.25, -0.2) is 0 Å². The third-order valence-electron chi connectivity index (χ3n) is 3.28. The van der Waals surface area contributed by atoms with Gasteiger partial charge < -0.3 is 20.8 Å². The second-order valence-corrected chi connectivity index (χ2v) is 5.22. The van der Waals surface area contributed by atoms with Crippen LogP contribution in [0.15, 0.2) is 48.6 Å². The Hall–Kier alpha value is -2.44. The molecule has 1 atom stereocenters. The average molecular weight is 332 g/mol. The summed E-state index contributed by atoms with van der Waals surface area (Å²) in [4.78, 5) is 23.2. The second kappa shape index (κ2) is 11.2. The largest absolute Gasteiger partial charge is 0.393 e. The molecule has 2 amide bonds. The average Bonchev–Trinajstić information content (AvgIpc) is 2.62. The zero-order valence-electron chi connectivity index (χ0n) is 13.6. The van der Waals surface area contributed by atoms with Crippen LogP contribution in [0, 0.1) is 0 Å². The fraction of sp³-hybridized carbons (Fsp3) is 0.333. The number of unbranched alkanes of at least 4 members (excludes halogenated alkanes) is 1. The van der Waals surface area contributed by atoms with E-state index in [-0.39, 0.29) is 11.5 Å². The van der Waals surface area contributed by atoms with E-state index >= 15 is 0 Å². The highest BCUT2D eigenvalue weighted by Gasteiger charge is 2.14. The maximum Gasteiger partial charge on any atom is 0.249 e. The lowest BCUT2D eigenvalue weighted by molar-refractivity contribution is -0.119. The van der Waals surface area contributed by atoms with Crippen molar-refractivity contribution in [3.8, 4) is 0 Å². The number of benzene rings is 1. The molecule has 1 aromatic rings. The van der Waals surface area contributed by atoms with Crippen LogP contribution in [0.25, 0.3) is 6.08 Å². The molecule has 0 aliphatic heterocycles. The van der Waals surface area contributed by atoms with Crippen molar-refractivity contribution >= 4 is 17.9 Å². The van der Waals surface area contributed by atoms with Gasteiger partial charge in [-0.05, 0) is 24.5 Å². The number of aliphatic hydroxyl groups excluding tert-OH is 2. The maximum atomic E-state index is 11.6. The van der Waals surface area contributed by atoms with E-state index in [4.69, 9.17) is 5.11 Å². The first kappa shape index (κ1) is 19.6. The highest BCUT2D eigenvalue weighted by atomic mass is 16.3. The van der Waals surface area contributed by atoms with Crippen molar-refractivity contribution in [2.75, 3.05) is 19.7 Å². The molecule has 0 bridgehead atoms. The third-order valence-corrected chi connectivity index (χ3v) is 3.28. The smallest absolute Gasteiger partial charge is 0.249 e. The molecule has 6 heteroatoms. The van der Waals surface area contributed by atoms with Crippen LogP contribution in [-0.4, -0.2) is 47.8 Å². The van der Waals surface area contributed by atoms with Crippen LogP contribution < -0.4 is 10.6 Å². The number of aliphatic hydroxyl groups is 2. The van der Waals surface area contributed by atoms with E-state index < -0.39 is 18.6 Å². The molecule has 24 heavy (non-hydrogen) atoms. The van der Waals surface area contributed by atoms with Gasteiger partial charge in [0.15, 0.2) is 0 Å². The van der Waals surface area contributed by atoms with E-state index in [1.54, 1.807) is 6.08 Å². The summed E-state index contributed by atoms with van der Waals surface area (Å²) in [6.07, 6.45) is 3.38. The van der Waals surface area contributed by atoms with E-state index in [1.165, 1.54) is 6.08 Å². The van der Waals surface area contributed by atoms with Crippen LogP contribution in [0.2, 0.25) is 0 Å².